The normalized spacial score (nSPS) is 10.2. The maximum Gasteiger partial charge on any atom is 0.119 e. The van der Waals surface area contributed by atoms with Gasteiger partial charge in [0.15, 0.2) is 0 Å². The van der Waals surface area contributed by atoms with Gasteiger partial charge < -0.3 is 9.47 Å². The second-order valence-electron chi connectivity index (χ2n) is 4.21. The van der Waals surface area contributed by atoms with Crippen LogP contribution in [0.5, 0.6) is 5.75 Å². The van der Waals surface area contributed by atoms with Crippen molar-refractivity contribution in [3.8, 4) is 11.8 Å². The summed E-state index contributed by atoms with van der Waals surface area (Å²) in [7, 11) is 0. The van der Waals surface area contributed by atoms with Crippen molar-refractivity contribution < 1.29 is 9.47 Å². The molecule has 0 radical (unpaired) electrons. The zero-order chi connectivity index (χ0) is 14.2. The van der Waals surface area contributed by atoms with Gasteiger partial charge in [-0.3, -0.25) is 0 Å². The van der Waals surface area contributed by atoms with E-state index >= 15 is 0 Å². The summed E-state index contributed by atoms with van der Waals surface area (Å²) in [5, 5.41) is 8.69. The Hall–Kier alpha value is -1.90. The highest BCUT2D eigenvalue weighted by Crippen LogP contribution is 2.13. The van der Waals surface area contributed by atoms with Crippen LogP contribution in [0.4, 0.5) is 0 Å². The SMILES string of the molecule is Cc1ncsc1CCOCCOc1ccc(C#N)cc1. The molecule has 104 valence electrons. The van der Waals surface area contributed by atoms with Gasteiger partial charge in [-0.1, -0.05) is 0 Å². The first-order chi connectivity index (χ1) is 9.79. The van der Waals surface area contributed by atoms with Gasteiger partial charge in [0, 0.05) is 11.3 Å². The van der Waals surface area contributed by atoms with Crippen LogP contribution in [0.1, 0.15) is 16.1 Å². The summed E-state index contributed by atoms with van der Waals surface area (Å²) >= 11 is 1.66. The number of thiazole rings is 1. The fourth-order valence-corrected chi connectivity index (χ4v) is 2.44. The van der Waals surface area contributed by atoms with E-state index in [2.05, 4.69) is 11.1 Å². The number of ether oxygens (including phenoxy) is 2. The third-order valence-electron chi connectivity index (χ3n) is 2.80. The molecule has 0 N–H and O–H groups in total. The highest BCUT2D eigenvalue weighted by Gasteiger charge is 2.01. The predicted octanol–water partition coefficient (Wildman–Crippen LogP) is 2.96. The summed E-state index contributed by atoms with van der Waals surface area (Å²) in [6.45, 7) is 3.75. The van der Waals surface area contributed by atoms with Gasteiger partial charge in [0.2, 0.25) is 0 Å². The average Bonchev–Trinajstić information content (AvgIpc) is 2.89. The van der Waals surface area contributed by atoms with E-state index in [-0.39, 0.29) is 0 Å². The van der Waals surface area contributed by atoms with E-state index in [4.69, 9.17) is 14.7 Å². The molecule has 0 saturated heterocycles. The van der Waals surface area contributed by atoms with Gasteiger partial charge in [0.05, 0.1) is 36.1 Å². The molecule has 0 unspecified atom stereocenters. The summed E-state index contributed by atoms with van der Waals surface area (Å²) in [6.07, 6.45) is 0.896. The van der Waals surface area contributed by atoms with Gasteiger partial charge >= 0.3 is 0 Å². The van der Waals surface area contributed by atoms with E-state index in [1.807, 2.05) is 12.4 Å². The monoisotopic (exact) mass is 288 g/mol. The molecule has 4 nitrogen and oxygen atoms in total. The van der Waals surface area contributed by atoms with Gasteiger partial charge in [-0.15, -0.1) is 11.3 Å². The minimum Gasteiger partial charge on any atom is -0.491 e. The van der Waals surface area contributed by atoms with Crippen molar-refractivity contribution in [2.24, 2.45) is 0 Å². The van der Waals surface area contributed by atoms with Gasteiger partial charge in [-0.25, -0.2) is 4.98 Å². The molecule has 2 rings (SSSR count). The van der Waals surface area contributed by atoms with Gasteiger partial charge in [0.25, 0.3) is 0 Å². The van der Waals surface area contributed by atoms with Crippen LogP contribution in [-0.4, -0.2) is 24.8 Å². The number of aromatic nitrogens is 1. The van der Waals surface area contributed by atoms with E-state index in [1.165, 1.54) is 4.88 Å². The quantitative estimate of drug-likeness (QED) is 0.735. The number of nitriles is 1. The fourth-order valence-electron chi connectivity index (χ4n) is 1.68. The Labute approximate surface area is 122 Å². The maximum atomic E-state index is 8.69. The molecule has 2 aromatic rings. The first-order valence-corrected chi connectivity index (χ1v) is 7.27. The summed E-state index contributed by atoms with van der Waals surface area (Å²) in [5.74, 6) is 0.755. The Morgan fingerprint density at radius 2 is 2.00 bits per heavy atom. The molecule has 1 aromatic heterocycles. The summed E-state index contributed by atoms with van der Waals surface area (Å²) in [4.78, 5) is 5.48. The molecule has 0 aliphatic carbocycles. The lowest BCUT2D eigenvalue weighted by Gasteiger charge is -2.07. The Bertz CT molecular complexity index is 572. The topological polar surface area (TPSA) is 55.1 Å². The maximum absolute atomic E-state index is 8.69. The summed E-state index contributed by atoms with van der Waals surface area (Å²) < 4.78 is 11.1. The largest absolute Gasteiger partial charge is 0.491 e. The Balaban J connectivity index is 1.59. The summed E-state index contributed by atoms with van der Waals surface area (Å²) in [6, 6.07) is 9.13. The fraction of sp³-hybridized carbons (Fsp3) is 0.333. The molecular formula is C15H16N2O2S. The first kappa shape index (κ1) is 14.5. The van der Waals surface area contributed by atoms with Crippen LogP contribution in [0.3, 0.4) is 0 Å². The predicted molar refractivity (Wildman–Crippen MR) is 78.0 cm³/mol. The van der Waals surface area contributed by atoms with Crippen molar-refractivity contribution in [2.45, 2.75) is 13.3 Å². The lowest BCUT2D eigenvalue weighted by atomic mass is 10.2. The van der Waals surface area contributed by atoms with Gasteiger partial charge in [0.1, 0.15) is 12.4 Å². The van der Waals surface area contributed by atoms with Gasteiger partial charge in [-0.2, -0.15) is 5.26 Å². The standard InChI is InChI=1S/C15H16N2O2S/c1-12-15(20-11-17-12)6-7-18-8-9-19-14-4-2-13(10-16)3-5-14/h2-5,11H,6-9H2,1H3. The van der Waals surface area contributed by atoms with Crippen LogP contribution in [0.25, 0.3) is 0 Å². The number of hydrogen-bond donors (Lipinski definition) is 0. The highest BCUT2D eigenvalue weighted by atomic mass is 32.1. The molecule has 0 aliphatic heterocycles. The Morgan fingerprint density at radius 3 is 2.65 bits per heavy atom. The van der Waals surface area contributed by atoms with Crippen molar-refractivity contribution in [3.05, 3.63) is 45.9 Å². The van der Waals surface area contributed by atoms with Crippen molar-refractivity contribution >= 4 is 11.3 Å². The number of rotatable bonds is 7. The molecule has 0 bridgehead atoms. The Morgan fingerprint density at radius 1 is 1.20 bits per heavy atom. The number of hydrogen-bond acceptors (Lipinski definition) is 5. The number of aryl methyl sites for hydroxylation is 1. The van der Waals surface area contributed by atoms with Crippen LogP contribution < -0.4 is 4.74 Å². The van der Waals surface area contributed by atoms with Crippen LogP contribution in [0, 0.1) is 18.3 Å². The molecule has 20 heavy (non-hydrogen) atoms. The smallest absolute Gasteiger partial charge is 0.119 e. The number of benzene rings is 1. The third kappa shape index (κ3) is 4.34. The van der Waals surface area contributed by atoms with E-state index in [0.29, 0.717) is 25.4 Å². The first-order valence-electron chi connectivity index (χ1n) is 6.39. The zero-order valence-corrected chi connectivity index (χ0v) is 12.2. The molecule has 1 heterocycles. The molecule has 0 atom stereocenters. The molecule has 5 heteroatoms. The summed E-state index contributed by atoms with van der Waals surface area (Å²) in [5.41, 5.74) is 3.58. The van der Waals surface area contributed by atoms with Crippen LogP contribution >= 0.6 is 11.3 Å². The molecule has 0 fully saturated rings. The lowest BCUT2D eigenvalue weighted by molar-refractivity contribution is 0.103. The second-order valence-corrected chi connectivity index (χ2v) is 5.15. The molecule has 1 aromatic carbocycles. The molecule has 0 spiro atoms. The third-order valence-corrected chi connectivity index (χ3v) is 3.79. The molecule has 0 saturated carbocycles. The second kappa shape index (κ2) is 7.63. The van der Waals surface area contributed by atoms with Crippen molar-refractivity contribution in [2.75, 3.05) is 19.8 Å². The van der Waals surface area contributed by atoms with Crippen molar-refractivity contribution in [1.82, 2.24) is 4.98 Å². The van der Waals surface area contributed by atoms with Crippen LogP contribution in [0.15, 0.2) is 29.8 Å². The van der Waals surface area contributed by atoms with E-state index in [1.54, 1.807) is 35.6 Å². The molecule has 0 aliphatic rings. The van der Waals surface area contributed by atoms with Crippen LogP contribution in [0.2, 0.25) is 0 Å². The number of nitrogens with zero attached hydrogens (tertiary/aromatic N) is 2. The lowest BCUT2D eigenvalue weighted by Crippen LogP contribution is -2.08. The van der Waals surface area contributed by atoms with E-state index in [9.17, 15) is 0 Å². The van der Waals surface area contributed by atoms with E-state index in [0.717, 1.165) is 17.9 Å². The highest BCUT2D eigenvalue weighted by molar-refractivity contribution is 7.09. The molecule has 0 amide bonds. The minimum absolute atomic E-state index is 0.508. The van der Waals surface area contributed by atoms with Gasteiger partial charge in [-0.05, 0) is 31.2 Å². The van der Waals surface area contributed by atoms with Crippen LogP contribution in [-0.2, 0) is 11.2 Å². The molecular weight excluding hydrogens is 272 g/mol. The van der Waals surface area contributed by atoms with Crippen molar-refractivity contribution in [3.63, 3.8) is 0 Å². The average molecular weight is 288 g/mol. The van der Waals surface area contributed by atoms with E-state index < -0.39 is 0 Å². The van der Waals surface area contributed by atoms with Crippen molar-refractivity contribution in [1.29, 1.82) is 5.26 Å². The zero-order valence-electron chi connectivity index (χ0n) is 11.3. The minimum atomic E-state index is 0.508. The Kier molecular flexibility index (Phi) is 5.54.